The molecule has 1 amide bonds. The number of amides is 1. The van der Waals surface area contributed by atoms with Crippen LogP contribution in [0.3, 0.4) is 0 Å². The monoisotopic (exact) mass is 354 g/mol. The predicted molar refractivity (Wildman–Crippen MR) is 86.3 cm³/mol. The Bertz CT molecular complexity index is 745. The third-order valence-corrected chi connectivity index (χ3v) is 3.65. The number of alkyl halides is 3. The highest BCUT2D eigenvalue weighted by molar-refractivity contribution is 6.32. The standard InChI is InChI=1S/C17H14ClF3N2O/c1-11(12-6-8-22-9-7-12)23-16(24)5-2-13-10-14(17(19,20)21)3-4-15(13)18/h2-11H,1H3,(H,23,24). The van der Waals surface area contributed by atoms with Crippen LogP contribution in [0.25, 0.3) is 6.08 Å². The lowest BCUT2D eigenvalue weighted by Gasteiger charge is -2.12. The summed E-state index contributed by atoms with van der Waals surface area (Å²) in [5.41, 5.74) is 0.166. The van der Waals surface area contributed by atoms with Gasteiger partial charge in [0.25, 0.3) is 0 Å². The summed E-state index contributed by atoms with van der Waals surface area (Å²) in [5, 5.41) is 2.85. The number of halogens is 4. The van der Waals surface area contributed by atoms with Gasteiger partial charge in [0.1, 0.15) is 0 Å². The second-order valence-electron chi connectivity index (χ2n) is 5.08. The van der Waals surface area contributed by atoms with E-state index in [0.717, 1.165) is 29.8 Å². The Labute approximate surface area is 142 Å². The summed E-state index contributed by atoms with van der Waals surface area (Å²) >= 11 is 5.87. The molecule has 0 aliphatic rings. The van der Waals surface area contributed by atoms with Crippen LogP contribution in [0.5, 0.6) is 0 Å². The highest BCUT2D eigenvalue weighted by atomic mass is 35.5. The van der Waals surface area contributed by atoms with E-state index in [0.29, 0.717) is 0 Å². The highest BCUT2D eigenvalue weighted by Gasteiger charge is 2.30. The van der Waals surface area contributed by atoms with E-state index in [2.05, 4.69) is 10.3 Å². The van der Waals surface area contributed by atoms with Gasteiger partial charge in [-0.25, -0.2) is 0 Å². The maximum absolute atomic E-state index is 12.7. The molecular weight excluding hydrogens is 341 g/mol. The molecule has 0 saturated heterocycles. The van der Waals surface area contributed by atoms with E-state index in [-0.39, 0.29) is 16.6 Å². The molecule has 7 heteroatoms. The highest BCUT2D eigenvalue weighted by Crippen LogP contribution is 2.32. The fourth-order valence-electron chi connectivity index (χ4n) is 2.01. The Morgan fingerprint density at radius 1 is 1.25 bits per heavy atom. The first-order chi connectivity index (χ1) is 11.3. The van der Waals surface area contributed by atoms with Gasteiger partial charge in [0.15, 0.2) is 0 Å². The summed E-state index contributed by atoms with van der Waals surface area (Å²) in [7, 11) is 0. The number of pyridine rings is 1. The van der Waals surface area contributed by atoms with E-state index < -0.39 is 17.6 Å². The van der Waals surface area contributed by atoms with Crippen LogP contribution in [0.2, 0.25) is 5.02 Å². The maximum Gasteiger partial charge on any atom is 0.416 e. The summed E-state index contributed by atoms with van der Waals surface area (Å²) in [5.74, 6) is -0.437. The molecule has 3 nitrogen and oxygen atoms in total. The van der Waals surface area contributed by atoms with Crippen molar-refractivity contribution in [2.75, 3.05) is 0 Å². The van der Waals surface area contributed by atoms with Crippen molar-refractivity contribution in [2.24, 2.45) is 0 Å². The van der Waals surface area contributed by atoms with Gasteiger partial charge in [-0.15, -0.1) is 0 Å². The number of carbonyl (C=O) groups is 1. The van der Waals surface area contributed by atoms with Gasteiger partial charge in [0.05, 0.1) is 11.6 Å². The molecule has 0 aliphatic carbocycles. The molecule has 2 aromatic rings. The van der Waals surface area contributed by atoms with Crippen molar-refractivity contribution < 1.29 is 18.0 Å². The van der Waals surface area contributed by atoms with Gasteiger partial charge < -0.3 is 5.32 Å². The first-order valence-corrected chi connectivity index (χ1v) is 7.40. The van der Waals surface area contributed by atoms with Crippen LogP contribution < -0.4 is 5.32 Å². The molecule has 1 aromatic carbocycles. The topological polar surface area (TPSA) is 42.0 Å². The molecule has 0 radical (unpaired) electrons. The first kappa shape index (κ1) is 18.0. The normalized spacial score (nSPS) is 13.0. The average Bonchev–Trinajstić information content (AvgIpc) is 2.53. The Balaban J connectivity index is 2.09. The summed E-state index contributed by atoms with van der Waals surface area (Å²) in [6.07, 6.45) is 1.16. The minimum atomic E-state index is -4.47. The molecule has 126 valence electrons. The van der Waals surface area contributed by atoms with Crippen molar-refractivity contribution in [2.45, 2.75) is 19.1 Å². The van der Waals surface area contributed by atoms with E-state index >= 15 is 0 Å². The van der Waals surface area contributed by atoms with Gasteiger partial charge in [-0.2, -0.15) is 13.2 Å². The Hall–Kier alpha value is -2.34. The fraction of sp³-hybridized carbons (Fsp3) is 0.176. The smallest absolute Gasteiger partial charge is 0.346 e. The van der Waals surface area contributed by atoms with Crippen LogP contribution in [0.4, 0.5) is 13.2 Å². The zero-order chi connectivity index (χ0) is 17.7. The quantitative estimate of drug-likeness (QED) is 0.812. The number of nitrogens with one attached hydrogen (secondary N) is 1. The molecule has 0 fully saturated rings. The van der Waals surface area contributed by atoms with Gasteiger partial charge in [-0.3, -0.25) is 9.78 Å². The molecular formula is C17H14ClF3N2O. The summed E-state index contributed by atoms with van der Waals surface area (Å²) < 4.78 is 38.1. The Morgan fingerprint density at radius 3 is 2.54 bits per heavy atom. The van der Waals surface area contributed by atoms with Gasteiger partial charge in [-0.05, 0) is 54.5 Å². The number of rotatable bonds is 4. The fourth-order valence-corrected chi connectivity index (χ4v) is 2.19. The lowest BCUT2D eigenvalue weighted by Crippen LogP contribution is -2.24. The van der Waals surface area contributed by atoms with E-state index in [1.165, 1.54) is 6.08 Å². The Morgan fingerprint density at radius 2 is 1.92 bits per heavy atom. The summed E-state index contributed by atoms with van der Waals surface area (Å²) in [6.45, 7) is 1.79. The van der Waals surface area contributed by atoms with Crippen LogP contribution >= 0.6 is 11.6 Å². The van der Waals surface area contributed by atoms with E-state index in [1.807, 2.05) is 0 Å². The summed E-state index contributed by atoms with van der Waals surface area (Å²) in [6, 6.07) is 6.21. The second kappa shape index (κ2) is 7.49. The van der Waals surface area contributed by atoms with Crippen molar-refractivity contribution in [3.8, 4) is 0 Å². The molecule has 1 aromatic heterocycles. The largest absolute Gasteiger partial charge is 0.416 e. The maximum atomic E-state index is 12.7. The zero-order valence-corrected chi connectivity index (χ0v) is 13.4. The number of benzene rings is 1. The minimum Gasteiger partial charge on any atom is -0.346 e. The van der Waals surface area contributed by atoms with Crippen LogP contribution in [0.15, 0.2) is 48.8 Å². The third-order valence-electron chi connectivity index (χ3n) is 3.30. The van der Waals surface area contributed by atoms with E-state index in [9.17, 15) is 18.0 Å². The molecule has 1 heterocycles. The van der Waals surface area contributed by atoms with Crippen LogP contribution in [0, 0.1) is 0 Å². The van der Waals surface area contributed by atoms with Crippen molar-refractivity contribution >= 4 is 23.6 Å². The van der Waals surface area contributed by atoms with Crippen molar-refractivity contribution in [1.82, 2.24) is 10.3 Å². The lowest BCUT2D eigenvalue weighted by molar-refractivity contribution is -0.137. The Kier molecular flexibility index (Phi) is 5.62. The van der Waals surface area contributed by atoms with Crippen LogP contribution in [-0.2, 0) is 11.0 Å². The molecule has 0 aliphatic heterocycles. The van der Waals surface area contributed by atoms with Crippen molar-refractivity contribution in [3.05, 3.63) is 70.5 Å². The van der Waals surface area contributed by atoms with Crippen LogP contribution in [0.1, 0.15) is 29.7 Å². The van der Waals surface area contributed by atoms with Gasteiger partial charge in [0, 0.05) is 23.5 Å². The number of aromatic nitrogens is 1. The molecule has 1 N–H and O–H groups in total. The number of nitrogens with zero attached hydrogens (tertiary/aromatic N) is 1. The second-order valence-corrected chi connectivity index (χ2v) is 5.49. The summed E-state index contributed by atoms with van der Waals surface area (Å²) in [4.78, 5) is 15.8. The molecule has 2 rings (SSSR count). The van der Waals surface area contributed by atoms with Gasteiger partial charge in [-0.1, -0.05) is 11.6 Å². The molecule has 0 bridgehead atoms. The van der Waals surface area contributed by atoms with Crippen molar-refractivity contribution in [1.29, 1.82) is 0 Å². The lowest BCUT2D eigenvalue weighted by atomic mass is 10.1. The number of carbonyl (C=O) groups excluding carboxylic acids is 1. The van der Waals surface area contributed by atoms with Crippen molar-refractivity contribution in [3.63, 3.8) is 0 Å². The molecule has 24 heavy (non-hydrogen) atoms. The third kappa shape index (κ3) is 4.83. The minimum absolute atomic E-state index is 0.123. The predicted octanol–water partition coefficient (Wildman–Crippen LogP) is 4.64. The molecule has 0 saturated carbocycles. The molecule has 1 unspecified atom stereocenters. The zero-order valence-electron chi connectivity index (χ0n) is 12.6. The van der Waals surface area contributed by atoms with Crippen LogP contribution in [-0.4, -0.2) is 10.9 Å². The number of hydrogen-bond acceptors (Lipinski definition) is 2. The SMILES string of the molecule is CC(NC(=O)C=Cc1cc(C(F)(F)F)ccc1Cl)c1ccncc1. The van der Waals surface area contributed by atoms with E-state index in [1.54, 1.807) is 31.5 Å². The van der Waals surface area contributed by atoms with Gasteiger partial charge in [0.2, 0.25) is 5.91 Å². The van der Waals surface area contributed by atoms with E-state index in [4.69, 9.17) is 11.6 Å². The molecule has 0 spiro atoms. The molecule has 1 atom stereocenters. The first-order valence-electron chi connectivity index (χ1n) is 7.02. The number of hydrogen-bond donors (Lipinski definition) is 1. The average molecular weight is 355 g/mol. The van der Waals surface area contributed by atoms with Gasteiger partial charge >= 0.3 is 6.18 Å².